The summed E-state index contributed by atoms with van der Waals surface area (Å²) < 4.78 is 0. The third-order valence-corrected chi connectivity index (χ3v) is 6.23. The van der Waals surface area contributed by atoms with Crippen molar-refractivity contribution in [3.05, 3.63) is 0 Å². The Balaban J connectivity index is 1.94. The Labute approximate surface area is 141 Å². The maximum absolute atomic E-state index is 4.98. The molecule has 2 atom stereocenters. The van der Waals surface area contributed by atoms with Gasteiger partial charge < -0.3 is 15.1 Å². The molecule has 2 heterocycles. The molecule has 2 aliphatic rings. The van der Waals surface area contributed by atoms with Gasteiger partial charge in [0.05, 0.1) is 0 Å². The first-order chi connectivity index (χ1) is 10.6. The van der Waals surface area contributed by atoms with E-state index in [0.717, 1.165) is 49.2 Å². The van der Waals surface area contributed by atoms with Crippen LogP contribution in [0, 0.1) is 11.8 Å². The van der Waals surface area contributed by atoms with Gasteiger partial charge in [0.25, 0.3) is 0 Å². The van der Waals surface area contributed by atoms with Crippen molar-refractivity contribution in [2.45, 2.75) is 38.9 Å². The lowest BCUT2D eigenvalue weighted by atomic mass is 9.99. The van der Waals surface area contributed by atoms with E-state index in [-0.39, 0.29) is 0 Å². The quantitative estimate of drug-likeness (QED) is 0.635. The molecule has 0 spiro atoms. The summed E-state index contributed by atoms with van der Waals surface area (Å²) in [5.74, 6) is 3.83. The highest BCUT2D eigenvalue weighted by molar-refractivity contribution is 8.00. The normalized spacial score (nSPS) is 28.2. The highest BCUT2D eigenvalue weighted by Gasteiger charge is 2.25. The Morgan fingerprint density at radius 2 is 2.14 bits per heavy atom. The highest BCUT2D eigenvalue weighted by Crippen LogP contribution is 2.25. The molecular weight excluding hydrogens is 292 g/mol. The van der Waals surface area contributed by atoms with Gasteiger partial charge >= 0.3 is 0 Å². The molecule has 2 aliphatic heterocycles. The van der Waals surface area contributed by atoms with Crippen LogP contribution in [0.15, 0.2) is 4.99 Å². The molecule has 2 rings (SSSR count). The molecule has 0 aromatic rings. The van der Waals surface area contributed by atoms with Gasteiger partial charge in [0.15, 0.2) is 5.96 Å². The molecule has 0 saturated carbocycles. The molecule has 2 saturated heterocycles. The monoisotopic (exact) mass is 326 g/mol. The maximum Gasteiger partial charge on any atom is 0.193 e. The minimum Gasteiger partial charge on any atom is -0.357 e. The third kappa shape index (κ3) is 5.34. The largest absolute Gasteiger partial charge is 0.357 e. The average Bonchev–Trinajstić information content (AvgIpc) is 2.51. The number of nitrogens with zero attached hydrogens (tertiary/aromatic N) is 3. The molecule has 2 unspecified atom stereocenters. The smallest absolute Gasteiger partial charge is 0.193 e. The molecule has 0 amide bonds. The molecule has 22 heavy (non-hydrogen) atoms. The third-order valence-electron chi connectivity index (χ3n) is 4.69. The predicted molar refractivity (Wildman–Crippen MR) is 98.9 cm³/mol. The number of aliphatic imine (C=N–C) groups is 1. The first-order valence-electron chi connectivity index (χ1n) is 8.93. The molecule has 0 bridgehead atoms. The summed E-state index contributed by atoms with van der Waals surface area (Å²) in [6.07, 6.45) is 2.65. The fourth-order valence-electron chi connectivity index (χ4n) is 3.33. The van der Waals surface area contributed by atoms with E-state index in [0.29, 0.717) is 0 Å². The molecule has 2 fully saturated rings. The number of hydrogen-bond donors (Lipinski definition) is 1. The van der Waals surface area contributed by atoms with Crippen molar-refractivity contribution in [3.63, 3.8) is 0 Å². The lowest BCUT2D eigenvalue weighted by Crippen LogP contribution is -2.49. The minimum atomic E-state index is 0.729. The summed E-state index contributed by atoms with van der Waals surface area (Å²) in [6, 6.07) is 0. The number of nitrogens with one attached hydrogen (secondary N) is 1. The molecule has 5 heteroatoms. The number of piperidine rings is 1. The number of guanidine groups is 1. The predicted octanol–water partition coefficient (Wildman–Crippen LogP) is 2.37. The van der Waals surface area contributed by atoms with Crippen molar-refractivity contribution < 1.29 is 0 Å². The first kappa shape index (κ1) is 17.9. The molecule has 0 aromatic heterocycles. The van der Waals surface area contributed by atoms with Crippen LogP contribution < -0.4 is 5.32 Å². The van der Waals surface area contributed by atoms with Gasteiger partial charge in [-0.2, -0.15) is 11.8 Å². The van der Waals surface area contributed by atoms with Crippen molar-refractivity contribution >= 4 is 17.7 Å². The van der Waals surface area contributed by atoms with Crippen LogP contribution >= 0.6 is 11.8 Å². The second-order valence-electron chi connectivity index (χ2n) is 7.06. The number of likely N-dealkylation sites (tertiary alicyclic amines) is 1. The standard InChI is InChI=1S/C17H34N4S/c1-5-18-17(19-11-15-7-6-8-20(4)12-15)21-9-10-22-16(13-21)14(2)3/h14-16H,5-13H2,1-4H3,(H,18,19). The number of rotatable bonds is 4. The Kier molecular flexibility index (Phi) is 7.35. The Morgan fingerprint density at radius 1 is 1.32 bits per heavy atom. The van der Waals surface area contributed by atoms with Gasteiger partial charge in [-0.1, -0.05) is 13.8 Å². The topological polar surface area (TPSA) is 30.9 Å². The van der Waals surface area contributed by atoms with E-state index in [1.165, 1.54) is 31.7 Å². The van der Waals surface area contributed by atoms with Crippen molar-refractivity contribution in [2.75, 3.05) is 52.1 Å². The van der Waals surface area contributed by atoms with Crippen LogP contribution in [0.4, 0.5) is 0 Å². The van der Waals surface area contributed by atoms with Gasteiger partial charge in [-0.3, -0.25) is 4.99 Å². The van der Waals surface area contributed by atoms with Crippen LogP contribution in [0.3, 0.4) is 0 Å². The van der Waals surface area contributed by atoms with E-state index in [2.05, 4.69) is 54.7 Å². The van der Waals surface area contributed by atoms with Crippen molar-refractivity contribution in [3.8, 4) is 0 Å². The van der Waals surface area contributed by atoms with Crippen molar-refractivity contribution in [1.82, 2.24) is 15.1 Å². The summed E-state index contributed by atoms with van der Waals surface area (Å²) in [4.78, 5) is 9.92. The zero-order valence-corrected chi connectivity index (χ0v) is 15.7. The van der Waals surface area contributed by atoms with Gasteiger partial charge in [-0.15, -0.1) is 0 Å². The number of thioether (sulfide) groups is 1. The fourth-order valence-corrected chi connectivity index (χ4v) is 4.63. The number of hydrogen-bond acceptors (Lipinski definition) is 3. The summed E-state index contributed by atoms with van der Waals surface area (Å²) in [5.41, 5.74) is 0. The van der Waals surface area contributed by atoms with E-state index in [4.69, 9.17) is 4.99 Å². The summed E-state index contributed by atoms with van der Waals surface area (Å²) in [7, 11) is 2.23. The SMILES string of the molecule is CCNC(=NCC1CCCN(C)C1)N1CCSC(C(C)C)C1. The molecule has 0 aromatic carbocycles. The molecule has 128 valence electrons. The zero-order valence-electron chi connectivity index (χ0n) is 14.8. The summed E-state index contributed by atoms with van der Waals surface area (Å²) in [6.45, 7) is 13.5. The van der Waals surface area contributed by atoms with Crippen LogP contribution in [0.25, 0.3) is 0 Å². The zero-order chi connectivity index (χ0) is 15.9. The Morgan fingerprint density at radius 3 is 2.82 bits per heavy atom. The van der Waals surface area contributed by atoms with Crippen LogP contribution in [-0.2, 0) is 0 Å². The summed E-state index contributed by atoms with van der Waals surface area (Å²) in [5, 5.41) is 4.25. The first-order valence-corrected chi connectivity index (χ1v) is 9.98. The van der Waals surface area contributed by atoms with Crippen LogP contribution in [0.1, 0.15) is 33.6 Å². The second kappa shape index (κ2) is 9.02. The lowest BCUT2D eigenvalue weighted by molar-refractivity contribution is 0.214. The molecule has 1 N–H and O–H groups in total. The van der Waals surface area contributed by atoms with E-state index in [1.807, 2.05) is 0 Å². The molecule has 0 aliphatic carbocycles. The van der Waals surface area contributed by atoms with E-state index in [9.17, 15) is 0 Å². The lowest BCUT2D eigenvalue weighted by Gasteiger charge is -2.36. The highest BCUT2D eigenvalue weighted by atomic mass is 32.2. The fraction of sp³-hybridized carbons (Fsp3) is 0.941. The Hall–Kier alpha value is -0.420. The average molecular weight is 327 g/mol. The van der Waals surface area contributed by atoms with Gasteiger partial charge in [-0.05, 0) is 45.2 Å². The van der Waals surface area contributed by atoms with Crippen molar-refractivity contribution in [1.29, 1.82) is 0 Å². The van der Waals surface area contributed by atoms with E-state index >= 15 is 0 Å². The van der Waals surface area contributed by atoms with Crippen molar-refractivity contribution in [2.24, 2.45) is 16.8 Å². The summed E-state index contributed by atoms with van der Waals surface area (Å²) >= 11 is 2.13. The van der Waals surface area contributed by atoms with Crippen LogP contribution in [0.2, 0.25) is 0 Å². The van der Waals surface area contributed by atoms with Crippen LogP contribution in [0.5, 0.6) is 0 Å². The Bertz CT molecular complexity index is 359. The molecule has 4 nitrogen and oxygen atoms in total. The minimum absolute atomic E-state index is 0.729. The molecule has 0 radical (unpaired) electrons. The van der Waals surface area contributed by atoms with Crippen LogP contribution in [-0.4, -0.2) is 73.1 Å². The second-order valence-corrected chi connectivity index (χ2v) is 8.41. The molecular formula is C17H34N4S. The van der Waals surface area contributed by atoms with E-state index in [1.54, 1.807) is 0 Å². The van der Waals surface area contributed by atoms with Gasteiger partial charge in [-0.25, -0.2) is 0 Å². The van der Waals surface area contributed by atoms with Gasteiger partial charge in [0.1, 0.15) is 0 Å². The van der Waals surface area contributed by atoms with Gasteiger partial charge in [0.2, 0.25) is 0 Å². The van der Waals surface area contributed by atoms with E-state index < -0.39 is 0 Å². The van der Waals surface area contributed by atoms with Gasteiger partial charge in [0, 0.05) is 43.7 Å². The maximum atomic E-state index is 4.98.